The molecule has 4 rings (SSSR count). The molecule has 4 heterocycles. The Bertz CT molecular complexity index is 1180. The Kier molecular flexibility index (Phi) is 6.80. The molecule has 2 aromatic rings. The maximum absolute atomic E-state index is 12.5. The number of ether oxygens (including phenoxy) is 1. The first-order valence-electron chi connectivity index (χ1n) is 10.1. The Morgan fingerprint density at radius 3 is 2.70 bits per heavy atom. The minimum Gasteiger partial charge on any atom is -0.756 e. The van der Waals surface area contributed by atoms with Gasteiger partial charge in [-0.3, -0.25) is 19.2 Å². The van der Waals surface area contributed by atoms with Crippen molar-refractivity contribution in [2.75, 3.05) is 32.7 Å². The van der Waals surface area contributed by atoms with Gasteiger partial charge in [-0.2, -0.15) is 0 Å². The fourth-order valence-corrected chi connectivity index (χ4v) is 5.05. The Morgan fingerprint density at radius 1 is 1.30 bits per heavy atom. The van der Waals surface area contributed by atoms with Gasteiger partial charge in [0, 0.05) is 20.6 Å². The molecule has 0 aliphatic carbocycles. The number of H-pyrrole nitrogens is 1. The number of phosphoric acid groups is 2. The molecule has 0 radical (unpaired) electrons. The number of hydrogen-bond acceptors (Lipinski definition) is 12. The van der Waals surface area contributed by atoms with Crippen LogP contribution in [0.5, 0.6) is 0 Å². The molecule has 33 heavy (non-hydrogen) atoms. The summed E-state index contributed by atoms with van der Waals surface area (Å²) in [5, 5.41) is 3.15. The second-order valence-corrected chi connectivity index (χ2v) is 10.5. The van der Waals surface area contributed by atoms with Crippen molar-refractivity contribution in [1.82, 2.24) is 14.5 Å². The second-order valence-electron chi connectivity index (χ2n) is 7.50. The molecule has 0 spiro atoms. The van der Waals surface area contributed by atoms with Gasteiger partial charge in [0.15, 0.2) is 6.23 Å². The van der Waals surface area contributed by atoms with Crippen LogP contribution in [0.15, 0.2) is 11.1 Å². The third-order valence-electron chi connectivity index (χ3n) is 5.62. The molecule has 1 fully saturated rings. The number of fused-ring (bicyclic) bond motifs is 3. The molecule has 0 saturated carbocycles. The monoisotopic (exact) mass is 508 g/mol. The predicted octanol–water partition coefficient (Wildman–Crippen LogP) is -0.692. The van der Waals surface area contributed by atoms with Gasteiger partial charge < -0.3 is 32.6 Å². The van der Waals surface area contributed by atoms with Gasteiger partial charge in [0.05, 0.1) is 13.2 Å². The number of nitrogens with one attached hydrogen (secondary N) is 2. The standard InChI is InChI=1S/C16H25N5O10P2/c1-4-9-6-17-16-19-14(22)13-15(21(9)16)20(8-18-13)12-5-10(31-33(25,26)28-3)11(30-12)7-29-32(23,24)27-2/h8-12H,4-7H2,1-3H3,(H3,17,19,22,23,24,25,26)/p-1/t9?,10?,11-,12-/m1/s1. The quantitative estimate of drug-likeness (QED) is 0.320. The predicted molar refractivity (Wildman–Crippen MR) is 107 cm³/mol. The van der Waals surface area contributed by atoms with Crippen LogP contribution in [0.25, 0.3) is 11.2 Å². The molecule has 2 aliphatic rings. The second kappa shape index (κ2) is 9.17. The Morgan fingerprint density at radius 2 is 2.03 bits per heavy atom. The van der Waals surface area contributed by atoms with Crippen LogP contribution < -0.4 is 25.2 Å². The van der Waals surface area contributed by atoms with Crippen molar-refractivity contribution in [3.8, 4) is 0 Å². The van der Waals surface area contributed by atoms with Crippen LogP contribution in [-0.4, -0.2) is 54.1 Å². The first-order chi connectivity index (χ1) is 15.6. The molecule has 0 aromatic carbocycles. The van der Waals surface area contributed by atoms with Crippen LogP contribution in [0.2, 0.25) is 0 Å². The average Bonchev–Trinajstić information content (AvgIpc) is 3.48. The highest BCUT2D eigenvalue weighted by atomic mass is 31.2. The summed E-state index contributed by atoms with van der Waals surface area (Å²) in [4.78, 5) is 43.0. The van der Waals surface area contributed by atoms with Crippen molar-refractivity contribution in [2.24, 2.45) is 0 Å². The van der Waals surface area contributed by atoms with E-state index in [1.54, 1.807) is 4.57 Å². The highest BCUT2D eigenvalue weighted by Crippen LogP contribution is 2.46. The summed E-state index contributed by atoms with van der Waals surface area (Å²) in [7, 11) is -7.40. The summed E-state index contributed by atoms with van der Waals surface area (Å²) in [5.41, 5.74) is 0.247. The van der Waals surface area contributed by atoms with E-state index in [9.17, 15) is 23.7 Å². The zero-order valence-corrected chi connectivity index (χ0v) is 19.8. The molecule has 1 saturated heterocycles. The minimum atomic E-state index is -4.68. The summed E-state index contributed by atoms with van der Waals surface area (Å²) in [5.74, 6) is 0.516. The number of phosphoric ester groups is 2. The zero-order chi connectivity index (χ0) is 24.0. The van der Waals surface area contributed by atoms with E-state index in [2.05, 4.69) is 24.3 Å². The molecule has 2 aliphatic heterocycles. The van der Waals surface area contributed by atoms with E-state index in [0.717, 1.165) is 20.6 Å². The van der Waals surface area contributed by atoms with Crippen molar-refractivity contribution in [3.05, 3.63) is 16.7 Å². The van der Waals surface area contributed by atoms with E-state index < -0.39 is 46.2 Å². The molecule has 0 amide bonds. The molecular weight excluding hydrogens is 484 g/mol. The summed E-state index contributed by atoms with van der Waals surface area (Å²) in [6.45, 7) is 2.05. The van der Waals surface area contributed by atoms with E-state index >= 15 is 0 Å². The molecular formula is C16H24N5O10P2-. The third-order valence-corrected chi connectivity index (χ3v) is 7.51. The van der Waals surface area contributed by atoms with E-state index in [1.165, 1.54) is 6.33 Å². The normalized spacial score (nSPS) is 28.4. The Balaban J connectivity index is 1.70. The largest absolute Gasteiger partial charge is 0.756 e. The lowest BCUT2D eigenvalue weighted by atomic mass is 10.2. The summed E-state index contributed by atoms with van der Waals surface area (Å²) >= 11 is 0. The van der Waals surface area contributed by atoms with Gasteiger partial charge in [-0.25, -0.2) is 19.1 Å². The number of imidazole rings is 1. The lowest BCUT2D eigenvalue weighted by Gasteiger charge is -2.28. The fourth-order valence-electron chi connectivity index (χ4n) is 3.97. The van der Waals surface area contributed by atoms with Crippen LogP contribution in [0, 0.1) is 0 Å². The van der Waals surface area contributed by atoms with Crippen LogP contribution >= 0.6 is 15.6 Å². The fraction of sp³-hybridized carbons (Fsp3) is 0.688. The van der Waals surface area contributed by atoms with Crippen molar-refractivity contribution >= 4 is 32.8 Å². The maximum Gasteiger partial charge on any atom is 0.324 e. The van der Waals surface area contributed by atoms with Crippen LogP contribution in [0.1, 0.15) is 32.0 Å². The van der Waals surface area contributed by atoms with Crippen LogP contribution in [0.4, 0.5) is 5.95 Å². The van der Waals surface area contributed by atoms with Gasteiger partial charge in [0.2, 0.25) is 11.2 Å². The van der Waals surface area contributed by atoms with E-state index in [0.29, 0.717) is 18.1 Å². The number of anilines is 1. The molecule has 2 N–H and O–H groups in total. The number of rotatable bonds is 9. The first-order valence-corrected chi connectivity index (χ1v) is 13.0. The molecule has 184 valence electrons. The van der Waals surface area contributed by atoms with Crippen molar-refractivity contribution in [3.63, 3.8) is 0 Å². The van der Waals surface area contributed by atoms with Crippen LogP contribution in [-0.2, 0) is 32.0 Å². The van der Waals surface area contributed by atoms with Gasteiger partial charge in [-0.15, -0.1) is 0 Å². The molecule has 4 unspecified atom stereocenters. The SMILES string of the molecule is CCC1CNc2[nH]c(=O)c3ncn([C@H]4CC(OP(=O)([O-])OC)[C@@H](COP(=O)([O-])OC)O4)c3[n+]21. The smallest absolute Gasteiger partial charge is 0.324 e. The molecule has 2 aromatic heterocycles. The number of hydrogen-bond donors (Lipinski definition) is 2. The maximum atomic E-state index is 12.5. The Hall–Kier alpha value is -1.67. The van der Waals surface area contributed by atoms with Crippen molar-refractivity contribution in [1.29, 1.82) is 0 Å². The summed E-state index contributed by atoms with van der Waals surface area (Å²) in [6, 6.07) is 0.0331. The molecule has 15 nitrogen and oxygen atoms in total. The van der Waals surface area contributed by atoms with E-state index in [4.69, 9.17) is 13.8 Å². The highest BCUT2D eigenvalue weighted by Gasteiger charge is 2.43. The highest BCUT2D eigenvalue weighted by molar-refractivity contribution is 7.46. The van der Waals surface area contributed by atoms with Gasteiger partial charge in [0.25, 0.3) is 15.6 Å². The number of aromatic nitrogens is 4. The van der Waals surface area contributed by atoms with Crippen LogP contribution in [0.3, 0.4) is 0 Å². The van der Waals surface area contributed by atoms with Gasteiger partial charge in [-0.05, 0) is 6.42 Å². The molecule has 6 atom stereocenters. The summed E-state index contributed by atoms with van der Waals surface area (Å²) in [6.07, 6.45) is -0.916. The molecule has 0 bridgehead atoms. The van der Waals surface area contributed by atoms with Gasteiger partial charge in [-0.1, -0.05) is 6.92 Å². The van der Waals surface area contributed by atoms with Gasteiger partial charge in [0.1, 0.15) is 24.6 Å². The molecule has 17 heteroatoms. The summed E-state index contributed by atoms with van der Waals surface area (Å²) < 4.78 is 51.4. The average molecular weight is 508 g/mol. The van der Waals surface area contributed by atoms with Crippen molar-refractivity contribution in [2.45, 2.75) is 44.2 Å². The lowest BCUT2D eigenvalue weighted by Crippen LogP contribution is -2.41. The minimum absolute atomic E-state index is 0.0163. The Labute approximate surface area is 187 Å². The lowest BCUT2D eigenvalue weighted by molar-refractivity contribution is -0.677. The van der Waals surface area contributed by atoms with Gasteiger partial charge >= 0.3 is 11.5 Å². The number of aromatic amines is 1. The number of nitrogens with zero attached hydrogens (tertiary/aromatic N) is 3. The van der Waals surface area contributed by atoms with E-state index in [-0.39, 0.29) is 18.0 Å². The first kappa shape index (κ1) is 24.5. The third kappa shape index (κ3) is 4.78. The topological polar surface area (TPSA) is 193 Å². The van der Waals surface area contributed by atoms with Crippen molar-refractivity contribution < 1.29 is 46.3 Å². The zero-order valence-electron chi connectivity index (χ0n) is 18.0. The van der Waals surface area contributed by atoms with E-state index in [1.807, 2.05) is 11.5 Å².